The standard InChI is InChI=1S/C11H17N3O/c1-8(2)13-11(15)9-3-4-14-7-12-6-10(14)5-9/h6-9H,3-5H2,1-2H3,(H,13,15). The minimum absolute atomic E-state index is 0.122. The minimum atomic E-state index is 0.122. The van der Waals surface area contributed by atoms with E-state index in [1.54, 1.807) is 0 Å². The Morgan fingerprint density at radius 1 is 1.67 bits per heavy atom. The third kappa shape index (κ3) is 2.19. The highest BCUT2D eigenvalue weighted by atomic mass is 16.1. The molecule has 4 heteroatoms. The van der Waals surface area contributed by atoms with Gasteiger partial charge in [0.2, 0.25) is 5.91 Å². The molecular formula is C11H17N3O. The minimum Gasteiger partial charge on any atom is -0.354 e. The Hall–Kier alpha value is -1.32. The van der Waals surface area contributed by atoms with Crippen LogP contribution in [-0.2, 0) is 17.8 Å². The molecule has 1 aromatic rings. The summed E-state index contributed by atoms with van der Waals surface area (Å²) < 4.78 is 2.12. The van der Waals surface area contributed by atoms with E-state index in [-0.39, 0.29) is 17.9 Å². The fourth-order valence-electron chi connectivity index (χ4n) is 2.00. The molecule has 15 heavy (non-hydrogen) atoms. The molecule has 0 fully saturated rings. The smallest absolute Gasteiger partial charge is 0.223 e. The zero-order valence-electron chi connectivity index (χ0n) is 9.23. The van der Waals surface area contributed by atoms with Gasteiger partial charge in [-0.3, -0.25) is 4.79 Å². The number of imidazole rings is 1. The first kappa shape index (κ1) is 10.2. The first-order valence-corrected chi connectivity index (χ1v) is 5.46. The van der Waals surface area contributed by atoms with Crippen LogP contribution in [0.25, 0.3) is 0 Å². The molecule has 0 radical (unpaired) electrons. The molecule has 0 bridgehead atoms. The van der Waals surface area contributed by atoms with Crippen molar-refractivity contribution in [2.24, 2.45) is 5.92 Å². The van der Waals surface area contributed by atoms with Crippen molar-refractivity contribution in [2.45, 2.75) is 39.3 Å². The highest BCUT2D eigenvalue weighted by Gasteiger charge is 2.24. The van der Waals surface area contributed by atoms with E-state index < -0.39 is 0 Å². The van der Waals surface area contributed by atoms with Crippen molar-refractivity contribution in [3.8, 4) is 0 Å². The topological polar surface area (TPSA) is 46.9 Å². The molecular weight excluding hydrogens is 190 g/mol. The van der Waals surface area contributed by atoms with Crippen LogP contribution in [0.2, 0.25) is 0 Å². The maximum atomic E-state index is 11.8. The second kappa shape index (κ2) is 4.04. The van der Waals surface area contributed by atoms with Gasteiger partial charge >= 0.3 is 0 Å². The molecule has 4 nitrogen and oxygen atoms in total. The van der Waals surface area contributed by atoms with Crippen molar-refractivity contribution in [3.05, 3.63) is 18.2 Å². The SMILES string of the molecule is CC(C)NC(=O)C1CCn2cncc2C1. The lowest BCUT2D eigenvalue weighted by Crippen LogP contribution is -2.38. The average Bonchev–Trinajstić information content (AvgIpc) is 2.62. The summed E-state index contributed by atoms with van der Waals surface area (Å²) in [7, 11) is 0. The van der Waals surface area contributed by atoms with Crippen molar-refractivity contribution < 1.29 is 4.79 Å². The molecule has 0 saturated heterocycles. The van der Waals surface area contributed by atoms with Gasteiger partial charge < -0.3 is 9.88 Å². The lowest BCUT2D eigenvalue weighted by atomic mass is 9.95. The molecule has 1 aromatic heterocycles. The van der Waals surface area contributed by atoms with Gasteiger partial charge in [0.1, 0.15) is 0 Å². The molecule has 1 aliphatic rings. The molecule has 0 aromatic carbocycles. The Balaban J connectivity index is 2.00. The van der Waals surface area contributed by atoms with Gasteiger partial charge in [-0.05, 0) is 20.3 Å². The van der Waals surface area contributed by atoms with Gasteiger partial charge in [-0.15, -0.1) is 0 Å². The molecule has 82 valence electrons. The van der Waals surface area contributed by atoms with Crippen LogP contribution in [0, 0.1) is 5.92 Å². The van der Waals surface area contributed by atoms with Crippen LogP contribution in [0.4, 0.5) is 0 Å². The van der Waals surface area contributed by atoms with E-state index >= 15 is 0 Å². The maximum Gasteiger partial charge on any atom is 0.223 e. The summed E-state index contributed by atoms with van der Waals surface area (Å²) in [6.45, 7) is 4.89. The van der Waals surface area contributed by atoms with E-state index in [1.807, 2.05) is 26.4 Å². The van der Waals surface area contributed by atoms with Crippen LogP contribution in [0.15, 0.2) is 12.5 Å². The molecule has 2 heterocycles. The first-order valence-electron chi connectivity index (χ1n) is 5.46. The predicted molar refractivity (Wildman–Crippen MR) is 57.3 cm³/mol. The fourth-order valence-corrected chi connectivity index (χ4v) is 2.00. The van der Waals surface area contributed by atoms with E-state index in [1.165, 1.54) is 5.69 Å². The van der Waals surface area contributed by atoms with E-state index in [9.17, 15) is 4.79 Å². The summed E-state index contributed by atoms with van der Waals surface area (Å²) in [5.41, 5.74) is 1.17. The van der Waals surface area contributed by atoms with Crippen LogP contribution < -0.4 is 5.32 Å². The van der Waals surface area contributed by atoms with Crippen LogP contribution in [0.5, 0.6) is 0 Å². The summed E-state index contributed by atoms with van der Waals surface area (Å²) in [6, 6.07) is 0.226. The third-order valence-corrected chi connectivity index (χ3v) is 2.77. The summed E-state index contributed by atoms with van der Waals surface area (Å²) >= 11 is 0. The number of hydrogen-bond acceptors (Lipinski definition) is 2. The first-order chi connectivity index (χ1) is 7.16. The molecule has 0 saturated carbocycles. The molecule has 1 N–H and O–H groups in total. The molecule has 1 amide bonds. The van der Waals surface area contributed by atoms with Gasteiger partial charge in [0.25, 0.3) is 0 Å². The highest BCUT2D eigenvalue weighted by Crippen LogP contribution is 2.19. The Kier molecular flexibility index (Phi) is 2.75. The Morgan fingerprint density at radius 2 is 2.47 bits per heavy atom. The van der Waals surface area contributed by atoms with Gasteiger partial charge in [0, 0.05) is 36.8 Å². The fraction of sp³-hybridized carbons (Fsp3) is 0.636. The number of carbonyl (C=O) groups excluding carboxylic acids is 1. The Morgan fingerprint density at radius 3 is 3.20 bits per heavy atom. The number of nitrogens with zero attached hydrogens (tertiary/aromatic N) is 2. The number of carbonyl (C=O) groups is 1. The van der Waals surface area contributed by atoms with Gasteiger partial charge in [-0.1, -0.05) is 0 Å². The van der Waals surface area contributed by atoms with Gasteiger partial charge in [-0.2, -0.15) is 0 Å². The zero-order valence-corrected chi connectivity index (χ0v) is 9.23. The average molecular weight is 207 g/mol. The summed E-state index contributed by atoms with van der Waals surface area (Å²) in [4.78, 5) is 15.9. The predicted octanol–water partition coefficient (Wildman–Crippen LogP) is 0.970. The largest absolute Gasteiger partial charge is 0.354 e. The monoisotopic (exact) mass is 207 g/mol. The van der Waals surface area contributed by atoms with Crippen LogP contribution >= 0.6 is 0 Å². The molecule has 1 atom stereocenters. The number of hydrogen-bond donors (Lipinski definition) is 1. The lowest BCUT2D eigenvalue weighted by Gasteiger charge is -2.23. The zero-order chi connectivity index (χ0) is 10.8. The van der Waals surface area contributed by atoms with E-state index in [4.69, 9.17) is 0 Å². The van der Waals surface area contributed by atoms with Crippen molar-refractivity contribution in [2.75, 3.05) is 0 Å². The molecule has 0 aliphatic carbocycles. The number of nitrogens with one attached hydrogen (secondary N) is 1. The van der Waals surface area contributed by atoms with E-state index in [0.717, 1.165) is 19.4 Å². The summed E-state index contributed by atoms with van der Waals surface area (Å²) in [6.07, 6.45) is 5.43. The van der Waals surface area contributed by atoms with Crippen molar-refractivity contribution >= 4 is 5.91 Å². The lowest BCUT2D eigenvalue weighted by molar-refractivity contribution is -0.126. The van der Waals surface area contributed by atoms with Gasteiger partial charge in [0.05, 0.1) is 6.33 Å². The second-order valence-corrected chi connectivity index (χ2v) is 4.43. The number of amides is 1. The molecule has 1 unspecified atom stereocenters. The number of fused-ring (bicyclic) bond motifs is 1. The highest BCUT2D eigenvalue weighted by molar-refractivity contribution is 5.79. The normalized spacial score (nSPS) is 20.1. The van der Waals surface area contributed by atoms with Crippen molar-refractivity contribution in [1.82, 2.24) is 14.9 Å². The maximum absolute atomic E-state index is 11.8. The van der Waals surface area contributed by atoms with Gasteiger partial charge in [-0.25, -0.2) is 4.98 Å². The van der Waals surface area contributed by atoms with E-state index in [2.05, 4.69) is 14.9 Å². The number of aryl methyl sites for hydroxylation is 1. The van der Waals surface area contributed by atoms with Crippen LogP contribution in [0.1, 0.15) is 26.0 Å². The van der Waals surface area contributed by atoms with Crippen LogP contribution in [0.3, 0.4) is 0 Å². The molecule has 2 rings (SSSR count). The van der Waals surface area contributed by atoms with Crippen molar-refractivity contribution in [3.63, 3.8) is 0 Å². The summed E-state index contributed by atoms with van der Waals surface area (Å²) in [5, 5.41) is 2.97. The molecule has 1 aliphatic heterocycles. The van der Waals surface area contributed by atoms with Gasteiger partial charge in [0.15, 0.2) is 0 Å². The van der Waals surface area contributed by atoms with Crippen molar-refractivity contribution in [1.29, 1.82) is 0 Å². The van der Waals surface area contributed by atoms with E-state index in [0.29, 0.717) is 0 Å². The van der Waals surface area contributed by atoms with Crippen LogP contribution in [-0.4, -0.2) is 21.5 Å². The third-order valence-electron chi connectivity index (χ3n) is 2.77. The quantitative estimate of drug-likeness (QED) is 0.785. The number of aromatic nitrogens is 2. The second-order valence-electron chi connectivity index (χ2n) is 4.43. The molecule has 0 spiro atoms. The Bertz CT molecular complexity index is 356. The Labute approximate surface area is 89.7 Å². The summed E-state index contributed by atoms with van der Waals surface area (Å²) in [5.74, 6) is 0.300. The number of rotatable bonds is 2.